The van der Waals surface area contributed by atoms with Crippen molar-refractivity contribution in [2.24, 2.45) is 0 Å². The average Bonchev–Trinajstić information content (AvgIpc) is 3.14. The first-order valence-electron chi connectivity index (χ1n) is 9.27. The number of Topliss-reactive ketones (excluding diaryl/α,β-unsaturated/α-hetero) is 1. The molecule has 0 amide bonds. The van der Waals surface area contributed by atoms with Crippen molar-refractivity contribution in [2.45, 2.75) is 26.8 Å². The molecule has 1 aromatic heterocycles. The second-order valence-corrected chi connectivity index (χ2v) is 6.90. The standard InChI is InChI=1S/C23H22F2N2O2/c1-16(2)11-13-29-23-9-4-3-6-17(23)15-27-12-10-21(26-27)22(28)14-18-19(24)7-5-8-20(18)25/h3-12H,13-15H2,1-2H3. The van der Waals surface area contributed by atoms with Gasteiger partial charge in [-0.3, -0.25) is 9.48 Å². The Bertz CT molecular complexity index is 1020. The smallest absolute Gasteiger partial charge is 0.187 e. The summed E-state index contributed by atoms with van der Waals surface area (Å²) in [5.41, 5.74) is 2.00. The molecule has 0 bridgehead atoms. The number of ketones is 1. The number of allylic oxidation sites excluding steroid dienone is 1. The summed E-state index contributed by atoms with van der Waals surface area (Å²) in [6.45, 7) is 4.89. The van der Waals surface area contributed by atoms with Gasteiger partial charge in [-0.15, -0.1) is 0 Å². The summed E-state index contributed by atoms with van der Waals surface area (Å²) in [5.74, 6) is -1.18. The number of para-hydroxylation sites is 1. The molecule has 0 aliphatic heterocycles. The van der Waals surface area contributed by atoms with Gasteiger partial charge in [0.05, 0.1) is 6.54 Å². The number of rotatable bonds is 8. The summed E-state index contributed by atoms with van der Waals surface area (Å²) >= 11 is 0. The lowest BCUT2D eigenvalue weighted by molar-refractivity contribution is 0.0985. The van der Waals surface area contributed by atoms with Crippen LogP contribution in [0.15, 0.2) is 66.4 Å². The Morgan fingerprint density at radius 1 is 1.07 bits per heavy atom. The third kappa shape index (κ3) is 5.38. The molecule has 0 aliphatic carbocycles. The number of carbonyl (C=O) groups is 1. The minimum atomic E-state index is -0.736. The van der Waals surface area contributed by atoms with E-state index < -0.39 is 17.4 Å². The second-order valence-electron chi connectivity index (χ2n) is 6.90. The summed E-state index contributed by atoms with van der Waals surface area (Å²) in [4.78, 5) is 12.4. The van der Waals surface area contributed by atoms with Crippen LogP contribution in [0, 0.1) is 11.6 Å². The van der Waals surface area contributed by atoms with Crippen LogP contribution in [0.4, 0.5) is 8.78 Å². The quantitative estimate of drug-likeness (QED) is 0.398. The van der Waals surface area contributed by atoms with Crippen LogP contribution >= 0.6 is 0 Å². The van der Waals surface area contributed by atoms with E-state index in [0.717, 1.165) is 23.4 Å². The molecule has 0 atom stereocenters. The van der Waals surface area contributed by atoms with E-state index in [0.29, 0.717) is 13.2 Å². The van der Waals surface area contributed by atoms with Gasteiger partial charge in [0.15, 0.2) is 5.78 Å². The molecule has 0 fully saturated rings. The first-order chi connectivity index (χ1) is 13.9. The fourth-order valence-electron chi connectivity index (χ4n) is 2.80. The number of benzene rings is 2. The highest BCUT2D eigenvalue weighted by Gasteiger charge is 2.17. The molecule has 1 heterocycles. The zero-order valence-electron chi connectivity index (χ0n) is 16.4. The SMILES string of the molecule is CC(C)=CCOc1ccccc1Cn1ccc(C(=O)Cc2c(F)cccc2F)n1. The number of hydrogen-bond donors (Lipinski definition) is 0. The average molecular weight is 396 g/mol. The predicted molar refractivity (Wildman–Crippen MR) is 107 cm³/mol. The van der Waals surface area contributed by atoms with Crippen molar-refractivity contribution in [1.29, 1.82) is 0 Å². The van der Waals surface area contributed by atoms with E-state index in [4.69, 9.17) is 4.74 Å². The van der Waals surface area contributed by atoms with Crippen molar-refractivity contribution in [3.63, 3.8) is 0 Å². The fourth-order valence-corrected chi connectivity index (χ4v) is 2.80. The molecule has 0 saturated heterocycles. The van der Waals surface area contributed by atoms with E-state index in [1.807, 2.05) is 44.2 Å². The van der Waals surface area contributed by atoms with Gasteiger partial charge in [-0.05, 0) is 44.2 Å². The van der Waals surface area contributed by atoms with Gasteiger partial charge < -0.3 is 4.74 Å². The Kier molecular flexibility index (Phi) is 6.54. The molecule has 150 valence electrons. The van der Waals surface area contributed by atoms with Gasteiger partial charge in [0.2, 0.25) is 0 Å². The Hall–Kier alpha value is -3.28. The highest BCUT2D eigenvalue weighted by atomic mass is 19.1. The molecule has 4 nitrogen and oxygen atoms in total. The van der Waals surface area contributed by atoms with E-state index in [-0.39, 0.29) is 17.7 Å². The lowest BCUT2D eigenvalue weighted by Gasteiger charge is -2.10. The normalized spacial score (nSPS) is 10.6. The van der Waals surface area contributed by atoms with Crippen LogP contribution in [-0.2, 0) is 13.0 Å². The number of aromatic nitrogens is 2. The summed E-state index contributed by atoms with van der Waals surface area (Å²) in [5, 5.41) is 4.27. The highest BCUT2D eigenvalue weighted by molar-refractivity contribution is 5.95. The summed E-state index contributed by atoms with van der Waals surface area (Å²) in [7, 11) is 0. The molecule has 0 spiro atoms. The molecule has 3 rings (SSSR count). The molecule has 29 heavy (non-hydrogen) atoms. The Morgan fingerprint density at radius 2 is 1.79 bits per heavy atom. The van der Waals surface area contributed by atoms with E-state index in [2.05, 4.69) is 5.10 Å². The van der Waals surface area contributed by atoms with Gasteiger partial charge in [-0.1, -0.05) is 29.8 Å². The largest absolute Gasteiger partial charge is 0.489 e. The number of nitrogens with zero attached hydrogens (tertiary/aromatic N) is 2. The van der Waals surface area contributed by atoms with E-state index in [1.54, 1.807) is 16.9 Å². The number of hydrogen-bond acceptors (Lipinski definition) is 3. The van der Waals surface area contributed by atoms with Gasteiger partial charge in [0.1, 0.15) is 29.7 Å². The Labute approximate surface area is 168 Å². The Balaban J connectivity index is 1.71. The molecule has 6 heteroatoms. The molecule has 2 aromatic carbocycles. The monoisotopic (exact) mass is 396 g/mol. The minimum absolute atomic E-state index is 0.163. The molecular weight excluding hydrogens is 374 g/mol. The van der Waals surface area contributed by atoms with Crippen molar-refractivity contribution in [3.8, 4) is 5.75 Å². The molecule has 0 radical (unpaired) electrons. The van der Waals surface area contributed by atoms with E-state index >= 15 is 0 Å². The zero-order chi connectivity index (χ0) is 20.8. The molecule has 0 saturated carbocycles. The maximum absolute atomic E-state index is 13.8. The number of halogens is 2. The van der Waals surface area contributed by atoms with Crippen LogP contribution < -0.4 is 4.74 Å². The van der Waals surface area contributed by atoms with Gasteiger partial charge in [0, 0.05) is 23.7 Å². The fraction of sp³-hybridized carbons (Fsp3) is 0.217. The van der Waals surface area contributed by atoms with Gasteiger partial charge in [-0.25, -0.2) is 8.78 Å². The van der Waals surface area contributed by atoms with Crippen LogP contribution in [0.3, 0.4) is 0 Å². The third-order valence-corrected chi connectivity index (χ3v) is 4.36. The summed E-state index contributed by atoms with van der Waals surface area (Å²) in [6.07, 6.45) is 3.28. The maximum Gasteiger partial charge on any atom is 0.187 e. The Morgan fingerprint density at radius 3 is 2.52 bits per heavy atom. The molecule has 0 N–H and O–H groups in total. The second kappa shape index (κ2) is 9.28. The highest BCUT2D eigenvalue weighted by Crippen LogP contribution is 2.20. The lowest BCUT2D eigenvalue weighted by Crippen LogP contribution is -2.10. The molecular formula is C23H22F2N2O2. The van der Waals surface area contributed by atoms with Crippen molar-refractivity contribution < 1.29 is 18.3 Å². The maximum atomic E-state index is 13.8. The van der Waals surface area contributed by atoms with Crippen LogP contribution in [-0.4, -0.2) is 22.2 Å². The molecule has 0 aliphatic rings. The van der Waals surface area contributed by atoms with Crippen molar-refractivity contribution in [3.05, 3.63) is 94.8 Å². The van der Waals surface area contributed by atoms with Crippen LogP contribution in [0.5, 0.6) is 5.75 Å². The summed E-state index contributed by atoms with van der Waals surface area (Å²) in [6, 6.07) is 12.7. The topological polar surface area (TPSA) is 44.1 Å². The van der Waals surface area contributed by atoms with E-state index in [9.17, 15) is 13.6 Å². The van der Waals surface area contributed by atoms with Gasteiger partial charge >= 0.3 is 0 Å². The first kappa shape index (κ1) is 20.5. The molecule has 0 unspecified atom stereocenters. The van der Waals surface area contributed by atoms with Gasteiger partial charge in [-0.2, -0.15) is 5.10 Å². The van der Waals surface area contributed by atoms with E-state index in [1.165, 1.54) is 11.6 Å². The molecule has 3 aromatic rings. The van der Waals surface area contributed by atoms with Crippen LogP contribution in [0.25, 0.3) is 0 Å². The van der Waals surface area contributed by atoms with Crippen LogP contribution in [0.2, 0.25) is 0 Å². The van der Waals surface area contributed by atoms with Crippen molar-refractivity contribution >= 4 is 5.78 Å². The third-order valence-electron chi connectivity index (χ3n) is 4.36. The lowest BCUT2D eigenvalue weighted by atomic mass is 10.1. The minimum Gasteiger partial charge on any atom is -0.489 e. The summed E-state index contributed by atoms with van der Waals surface area (Å²) < 4.78 is 35.0. The number of ether oxygens (including phenoxy) is 1. The first-order valence-corrected chi connectivity index (χ1v) is 9.27. The van der Waals surface area contributed by atoms with Crippen molar-refractivity contribution in [2.75, 3.05) is 6.61 Å². The van der Waals surface area contributed by atoms with Crippen LogP contribution in [0.1, 0.15) is 35.5 Å². The van der Waals surface area contributed by atoms with Crippen molar-refractivity contribution in [1.82, 2.24) is 9.78 Å². The predicted octanol–water partition coefficient (Wildman–Crippen LogP) is 4.98. The van der Waals surface area contributed by atoms with Gasteiger partial charge in [0.25, 0.3) is 0 Å². The zero-order valence-corrected chi connectivity index (χ0v) is 16.4. The number of carbonyl (C=O) groups excluding carboxylic acids is 1.